The molecule has 0 bridgehead atoms. The summed E-state index contributed by atoms with van der Waals surface area (Å²) in [5.74, 6) is 0.684. The molecule has 2 fully saturated rings. The Bertz CT molecular complexity index is 347. The zero-order valence-electron chi connectivity index (χ0n) is 16.5. The van der Waals surface area contributed by atoms with Crippen LogP contribution in [0.1, 0.15) is 90.4 Å². The molecule has 3 heteroatoms. The van der Waals surface area contributed by atoms with Gasteiger partial charge in [-0.2, -0.15) is 0 Å². The van der Waals surface area contributed by atoms with Crippen LogP contribution in [0.2, 0.25) is 0 Å². The van der Waals surface area contributed by atoms with Crippen LogP contribution in [0.4, 0.5) is 0 Å². The average molecular weight is 353 g/mol. The molecule has 2 rings (SSSR count). The van der Waals surface area contributed by atoms with E-state index < -0.39 is 0 Å². The van der Waals surface area contributed by atoms with Gasteiger partial charge in [0.2, 0.25) is 0 Å². The second-order valence-electron chi connectivity index (χ2n) is 7.97. The molecular formula is C22H40O3. The topological polar surface area (TPSA) is 31.0 Å². The van der Waals surface area contributed by atoms with Gasteiger partial charge in [0, 0.05) is 6.42 Å². The van der Waals surface area contributed by atoms with E-state index in [1.165, 1.54) is 77.0 Å². The third kappa shape index (κ3) is 7.70. The lowest BCUT2D eigenvalue weighted by atomic mass is 9.72. The van der Waals surface area contributed by atoms with Crippen LogP contribution in [0.15, 0.2) is 12.8 Å². The van der Waals surface area contributed by atoms with Crippen LogP contribution in [0, 0.1) is 5.92 Å². The van der Waals surface area contributed by atoms with Gasteiger partial charge in [0.15, 0.2) is 0 Å². The molecule has 2 atom stereocenters. The molecule has 0 aromatic carbocycles. The molecule has 0 radical (unpaired) electrons. The van der Waals surface area contributed by atoms with Crippen LogP contribution in [0.3, 0.4) is 0 Å². The highest BCUT2D eigenvalue weighted by molar-refractivity contribution is 4.91. The van der Waals surface area contributed by atoms with E-state index in [1.807, 2.05) is 0 Å². The number of ether oxygens (including phenoxy) is 3. The van der Waals surface area contributed by atoms with Crippen molar-refractivity contribution < 1.29 is 14.2 Å². The zero-order chi connectivity index (χ0) is 17.8. The highest BCUT2D eigenvalue weighted by atomic mass is 16.6. The van der Waals surface area contributed by atoms with E-state index in [0.29, 0.717) is 12.0 Å². The first-order chi connectivity index (χ1) is 12.3. The Morgan fingerprint density at radius 2 is 1.76 bits per heavy atom. The minimum Gasteiger partial charge on any atom is -0.502 e. The summed E-state index contributed by atoms with van der Waals surface area (Å²) in [6, 6.07) is 0. The lowest BCUT2D eigenvalue weighted by Gasteiger charge is -2.43. The molecule has 0 aromatic rings. The standard InChI is InChI=1S/C22H40O3/c1-3-5-6-7-8-12-15-22(16-17-23-4-2,25-19-21-18-24-21)20-13-10-9-11-14-20/h4,20-21H,2-3,5-19H2,1H3. The van der Waals surface area contributed by atoms with Crippen LogP contribution in [-0.4, -0.2) is 31.5 Å². The van der Waals surface area contributed by atoms with Crippen molar-refractivity contribution in [2.75, 3.05) is 19.8 Å². The van der Waals surface area contributed by atoms with Crippen molar-refractivity contribution in [3.05, 3.63) is 12.8 Å². The van der Waals surface area contributed by atoms with Crippen LogP contribution in [0.5, 0.6) is 0 Å². The number of unbranched alkanes of at least 4 members (excludes halogenated alkanes) is 5. The molecule has 1 aliphatic carbocycles. The summed E-state index contributed by atoms with van der Waals surface area (Å²) in [4.78, 5) is 0. The van der Waals surface area contributed by atoms with Gasteiger partial charge >= 0.3 is 0 Å². The maximum atomic E-state index is 6.63. The Labute approximate surface area is 155 Å². The van der Waals surface area contributed by atoms with Gasteiger partial charge in [-0.15, -0.1) is 0 Å². The Morgan fingerprint density at radius 1 is 1.04 bits per heavy atom. The number of epoxide rings is 1. The smallest absolute Gasteiger partial charge is 0.104 e. The first-order valence-corrected chi connectivity index (χ1v) is 10.8. The van der Waals surface area contributed by atoms with E-state index in [0.717, 1.165) is 26.2 Å². The van der Waals surface area contributed by atoms with Gasteiger partial charge in [0.05, 0.1) is 31.7 Å². The van der Waals surface area contributed by atoms with E-state index in [-0.39, 0.29) is 5.60 Å². The largest absolute Gasteiger partial charge is 0.502 e. The predicted molar refractivity (Wildman–Crippen MR) is 104 cm³/mol. The molecule has 1 saturated heterocycles. The predicted octanol–water partition coefficient (Wildman–Crippen LogP) is 6.02. The summed E-state index contributed by atoms with van der Waals surface area (Å²) >= 11 is 0. The van der Waals surface area contributed by atoms with Gasteiger partial charge < -0.3 is 14.2 Å². The van der Waals surface area contributed by atoms with E-state index in [9.17, 15) is 0 Å². The summed E-state index contributed by atoms with van der Waals surface area (Å²) in [6.07, 6.45) is 18.8. The molecule has 1 heterocycles. The lowest BCUT2D eigenvalue weighted by molar-refractivity contribution is -0.119. The molecule has 0 spiro atoms. The highest BCUT2D eigenvalue weighted by Gasteiger charge is 2.41. The summed E-state index contributed by atoms with van der Waals surface area (Å²) in [5.41, 5.74) is -0.0138. The van der Waals surface area contributed by atoms with Gasteiger partial charge in [0.1, 0.15) is 6.10 Å². The molecule has 2 unspecified atom stereocenters. The maximum absolute atomic E-state index is 6.63. The van der Waals surface area contributed by atoms with Crippen LogP contribution >= 0.6 is 0 Å². The zero-order valence-corrected chi connectivity index (χ0v) is 16.5. The highest BCUT2D eigenvalue weighted by Crippen LogP contribution is 2.41. The van der Waals surface area contributed by atoms with Crippen LogP contribution in [-0.2, 0) is 14.2 Å². The fraction of sp³-hybridized carbons (Fsp3) is 0.909. The van der Waals surface area contributed by atoms with Crippen molar-refractivity contribution in [3.8, 4) is 0 Å². The van der Waals surface area contributed by atoms with Crippen molar-refractivity contribution in [2.24, 2.45) is 5.92 Å². The second-order valence-corrected chi connectivity index (χ2v) is 7.97. The Kier molecular flexibility index (Phi) is 9.93. The van der Waals surface area contributed by atoms with Gasteiger partial charge in [-0.25, -0.2) is 0 Å². The third-order valence-electron chi connectivity index (χ3n) is 6.02. The van der Waals surface area contributed by atoms with Crippen molar-refractivity contribution >= 4 is 0 Å². The van der Waals surface area contributed by atoms with Crippen molar-refractivity contribution in [2.45, 2.75) is 102 Å². The van der Waals surface area contributed by atoms with Gasteiger partial charge in [-0.3, -0.25) is 0 Å². The fourth-order valence-electron chi connectivity index (χ4n) is 4.37. The van der Waals surface area contributed by atoms with Crippen molar-refractivity contribution in [1.82, 2.24) is 0 Å². The molecule has 1 saturated carbocycles. The van der Waals surface area contributed by atoms with E-state index in [4.69, 9.17) is 14.2 Å². The van der Waals surface area contributed by atoms with Crippen LogP contribution in [0.25, 0.3) is 0 Å². The molecule has 25 heavy (non-hydrogen) atoms. The van der Waals surface area contributed by atoms with Crippen molar-refractivity contribution in [1.29, 1.82) is 0 Å². The number of hydrogen-bond acceptors (Lipinski definition) is 3. The normalized spacial score (nSPS) is 23.2. The Morgan fingerprint density at radius 3 is 2.44 bits per heavy atom. The molecule has 0 N–H and O–H groups in total. The minimum atomic E-state index is -0.0138. The summed E-state index contributed by atoms with van der Waals surface area (Å²) in [7, 11) is 0. The Balaban J connectivity index is 1.91. The van der Waals surface area contributed by atoms with Gasteiger partial charge in [-0.05, 0) is 25.2 Å². The second kappa shape index (κ2) is 12.0. The molecule has 0 aromatic heterocycles. The number of hydrogen-bond donors (Lipinski definition) is 0. The maximum Gasteiger partial charge on any atom is 0.104 e. The molecule has 3 nitrogen and oxygen atoms in total. The summed E-state index contributed by atoms with van der Waals surface area (Å²) in [5, 5.41) is 0. The SMILES string of the molecule is C=COCCC(CCCCCCCC)(OCC1CO1)C1CCCCC1. The van der Waals surface area contributed by atoms with Gasteiger partial charge in [-0.1, -0.05) is 71.3 Å². The monoisotopic (exact) mass is 352 g/mol. The lowest BCUT2D eigenvalue weighted by Crippen LogP contribution is -2.44. The Hall–Kier alpha value is -0.540. The first-order valence-electron chi connectivity index (χ1n) is 10.8. The molecule has 2 aliphatic rings. The van der Waals surface area contributed by atoms with E-state index in [2.05, 4.69) is 13.5 Å². The fourth-order valence-corrected chi connectivity index (χ4v) is 4.37. The van der Waals surface area contributed by atoms with E-state index >= 15 is 0 Å². The first kappa shape index (κ1) is 20.8. The van der Waals surface area contributed by atoms with Gasteiger partial charge in [0.25, 0.3) is 0 Å². The van der Waals surface area contributed by atoms with Crippen LogP contribution < -0.4 is 0 Å². The minimum absolute atomic E-state index is 0.0138. The quantitative estimate of drug-likeness (QED) is 0.205. The average Bonchev–Trinajstić information content (AvgIpc) is 3.47. The van der Waals surface area contributed by atoms with Crippen molar-refractivity contribution in [3.63, 3.8) is 0 Å². The van der Waals surface area contributed by atoms with E-state index in [1.54, 1.807) is 6.26 Å². The number of rotatable bonds is 15. The molecule has 1 aliphatic heterocycles. The molecule has 146 valence electrons. The molecular weight excluding hydrogens is 312 g/mol. The third-order valence-corrected chi connectivity index (χ3v) is 6.02. The molecule has 0 amide bonds. The summed E-state index contributed by atoms with van der Waals surface area (Å²) in [6.45, 7) is 8.34. The summed E-state index contributed by atoms with van der Waals surface area (Å²) < 4.78 is 17.6.